The lowest BCUT2D eigenvalue weighted by atomic mass is 9.70. The van der Waals surface area contributed by atoms with E-state index in [1.807, 2.05) is 6.07 Å². The molecule has 116 valence electrons. The molecule has 2 N–H and O–H groups in total. The molecule has 1 aromatic rings. The monoisotopic (exact) mass is 289 g/mol. The topological polar surface area (TPSA) is 44.5 Å². The van der Waals surface area contributed by atoms with Crippen LogP contribution < -0.4 is 15.2 Å². The molecule has 0 amide bonds. The van der Waals surface area contributed by atoms with Crippen molar-refractivity contribution in [3.05, 3.63) is 23.8 Å². The quantitative estimate of drug-likeness (QED) is 0.892. The van der Waals surface area contributed by atoms with Gasteiger partial charge in [0.2, 0.25) is 0 Å². The third kappa shape index (κ3) is 3.34. The van der Waals surface area contributed by atoms with E-state index in [0.29, 0.717) is 11.3 Å². The number of benzene rings is 1. The third-order valence-corrected chi connectivity index (χ3v) is 5.05. The highest BCUT2D eigenvalue weighted by Gasteiger charge is 2.30. The van der Waals surface area contributed by atoms with E-state index in [1.54, 1.807) is 0 Å². The molecule has 0 bridgehead atoms. The maximum absolute atomic E-state index is 6.53. The number of hydrogen-bond donors (Lipinski definition) is 1. The Morgan fingerprint density at radius 1 is 1.10 bits per heavy atom. The molecule has 1 aliphatic carbocycles. The Kier molecular flexibility index (Phi) is 4.12. The van der Waals surface area contributed by atoms with Crippen molar-refractivity contribution in [2.75, 3.05) is 13.2 Å². The number of ether oxygens (including phenoxy) is 2. The van der Waals surface area contributed by atoms with Crippen LogP contribution in [0.2, 0.25) is 0 Å². The maximum Gasteiger partial charge on any atom is 0.161 e. The second kappa shape index (κ2) is 5.88. The van der Waals surface area contributed by atoms with Crippen LogP contribution >= 0.6 is 0 Å². The van der Waals surface area contributed by atoms with Gasteiger partial charge in [0.05, 0.1) is 13.2 Å². The SMILES string of the molecule is CC1(C)CCC(C(N)c2ccc3c(c2)OCCCO3)CC1. The Morgan fingerprint density at radius 2 is 1.76 bits per heavy atom. The van der Waals surface area contributed by atoms with Gasteiger partial charge in [0.1, 0.15) is 0 Å². The number of rotatable bonds is 2. The minimum Gasteiger partial charge on any atom is -0.490 e. The molecule has 1 aromatic carbocycles. The number of hydrogen-bond acceptors (Lipinski definition) is 3. The van der Waals surface area contributed by atoms with Gasteiger partial charge in [0.15, 0.2) is 11.5 Å². The first-order chi connectivity index (χ1) is 10.1. The van der Waals surface area contributed by atoms with Crippen molar-refractivity contribution in [3.63, 3.8) is 0 Å². The molecular formula is C18H27NO2. The molecule has 21 heavy (non-hydrogen) atoms. The summed E-state index contributed by atoms with van der Waals surface area (Å²) in [5.74, 6) is 2.30. The van der Waals surface area contributed by atoms with E-state index in [-0.39, 0.29) is 6.04 Å². The zero-order chi connectivity index (χ0) is 14.9. The van der Waals surface area contributed by atoms with Gasteiger partial charge >= 0.3 is 0 Å². The molecule has 1 heterocycles. The molecule has 0 aromatic heterocycles. The van der Waals surface area contributed by atoms with Crippen LogP contribution in [0, 0.1) is 11.3 Å². The van der Waals surface area contributed by atoms with Crippen molar-refractivity contribution < 1.29 is 9.47 Å². The average Bonchev–Trinajstić information content (AvgIpc) is 2.71. The molecule has 0 spiro atoms. The Balaban J connectivity index is 1.73. The van der Waals surface area contributed by atoms with E-state index < -0.39 is 0 Å². The number of fused-ring (bicyclic) bond motifs is 1. The van der Waals surface area contributed by atoms with Crippen molar-refractivity contribution in [1.82, 2.24) is 0 Å². The van der Waals surface area contributed by atoms with Crippen LogP contribution in [0.1, 0.15) is 57.6 Å². The molecule has 3 heteroatoms. The summed E-state index contributed by atoms with van der Waals surface area (Å²) in [5, 5.41) is 0. The number of nitrogens with two attached hydrogens (primary N) is 1. The average molecular weight is 289 g/mol. The Morgan fingerprint density at radius 3 is 2.48 bits per heavy atom. The summed E-state index contributed by atoms with van der Waals surface area (Å²) in [4.78, 5) is 0. The van der Waals surface area contributed by atoms with Gasteiger partial charge < -0.3 is 15.2 Å². The fourth-order valence-corrected chi connectivity index (χ4v) is 3.44. The van der Waals surface area contributed by atoms with Crippen LogP contribution in [0.3, 0.4) is 0 Å². The van der Waals surface area contributed by atoms with Gasteiger partial charge in [0, 0.05) is 12.5 Å². The van der Waals surface area contributed by atoms with E-state index in [2.05, 4.69) is 26.0 Å². The van der Waals surface area contributed by atoms with Gasteiger partial charge in [-0.3, -0.25) is 0 Å². The fraction of sp³-hybridized carbons (Fsp3) is 0.667. The molecule has 3 nitrogen and oxygen atoms in total. The smallest absolute Gasteiger partial charge is 0.161 e. The largest absolute Gasteiger partial charge is 0.490 e. The van der Waals surface area contributed by atoms with E-state index in [4.69, 9.17) is 15.2 Å². The first kappa shape index (κ1) is 14.7. The van der Waals surface area contributed by atoms with Crippen molar-refractivity contribution in [2.45, 2.75) is 52.0 Å². The van der Waals surface area contributed by atoms with Crippen LogP contribution in [0.4, 0.5) is 0 Å². The second-order valence-electron chi connectivity index (χ2n) is 7.28. The summed E-state index contributed by atoms with van der Waals surface area (Å²) in [6.07, 6.45) is 5.94. The zero-order valence-electron chi connectivity index (χ0n) is 13.2. The standard InChI is InChI=1S/C18H27NO2/c1-18(2)8-6-13(7-9-18)17(19)14-4-5-15-16(12-14)21-11-3-10-20-15/h4-5,12-13,17H,3,6-11,19H2,1-2H3. The zero-order valence-corrected chi connectivity index (χ0v) is 13.2. The highest BCUT2D eigenvalue weighted by molar-refractivity contribution is 5.44. The van der Waals surface area contributed by atoms with Crippen molar-refractivity contribution in [3.8, 4) is 11.5 Å². The lowest BCUT2D eigenvalue weighted by Gasteiger charge is -2.37. The van der Waals surface area contributed by atoms with Crippen LogP contribution in [-0.4, -0.2) is 13.2 Å². The van der Waals surface area contributed by atoms with E-state index in [9.17, 15) is 0 Å². The van der Waals surface area contributed by atoms with Crippen LogP contribution in [0.25, 0.3) is 0 Å². The normalized spacial score (nSPS) is 23.4. The maximum atomic E-state index is 6.53. The minimum absolute atomic E-state index is 0.109. The Hall–Kier alpha value is -1.22. The molecule has 1 aliphatic heterocycles. The molecule has 3 rings (SSSR count). The molecule has 0 radical (unpaired) electrons. The Labute approximate surface area is 127 Å². The highest BCUT2D eigenvalue weighted by Crippen LogP contribution is 2.43. The van der Waals surface area contributed by atoms with Crippen LogP contribution in [0.15, 0.2) is 18.2 Å². The molecule has 1 unspecified atom stereocenters. The van der Waals surface area contributed by atoms with Gasteiger partial charge in [-0.15, -0.1) is 0 Å². The first-order valence-electron chi connectivity index (χ1n) is 8.20. The molecule has 1 saturated carbocycles. The summed E-state index contributed by atoms with van der Waals surface area (Å²) < 4.78 is 11.5. The van der Waals surface area contributed by atoms with Gasteiger partial charge in [-0.2, -0.15) is 0 Å². The predicted molar refractivity (Wildman–Crippen MR) is 84.7 cm³/mol. The summed E-state index contributed by atoms with van der Waals surface area (Å²) in [5.41, 5.74) is 8.21. The van der Waals surface area contributed by atoms with Crippen molar-refractivity contribution >= 4 is 0 Å². The minimum atomic E-state index is 0.109. The third-order valence-electron chi connectivity index (χ3n) is 5.05. The first-order valence-corrected chi connectivity index (χ1v) is 8.20. The summed E-state index contributed by atoms with van der Waals surface area (Å²) >= 11 is 0. The molecule has 1 fully saturated rings. The van der Waals surface area contributed by atoms with Crippen molar-refractivity contribution in [1.29, 1.82) is 0 Å². The van der Waals surface area contributed by atoms with Gasteiger partial charge in [0.25, 0.3) is 0 Å². The highest BCUT2D eigenvalue weighted by atomic mass is 16.5. The van der Waals surface area contributed by atoms with E-state index >= 15 is 0 Å². The molecule has 2 aliphatic rings. The summed E-state index contributed by atoms with van der Waals surface area (Å²) in [7, 11) is 0. The molecular weight excluding hydrogens is 262 g/mol. The molecule has 1 atom stereocenters. The molecule has 0 saturated heterocycles. The van der Waals surface area contributed by atoms with Crippen LogP contribution in [-0.2, 0) is 0 Å². The summed E-state index contributed by atoms with van der Waals surface area (Å²) in [6.45, 7) is 6.18. The Bertz CT molecular complexity index is 488. The second-order valence-corrected chi connectivity index (χ2v) is 7.28. The van der Waals surface area contributed by atoms with Gasteiger partial charge in [-0.1, -0.05) is 19.9 Å². The van der Waals surface area contributed by atoms with Gasteiger partial charge in [-0.05, 0) is 54.7 Å². The van der Waals surface area contributed by atoms with Gasteiger partial charge in [-0.25, -0.2) is 0 Å². The predicted octanol–water partition coefficient (Wildman–Crippen LogP) is 4.06. The van der Waals surface area contributed by atoms with E-state index in [1.165, 1.54) is 31.2 Å². The fourth-order valence-electron chi connectivity index (χ4n) is 3.44. The lowest BCUT2D eigenvalue weighted by Crippen LogP contribution is -2.29. The van der Waals surface area contributed by atoms with Crippen molar-refractivity contribution in [2.24, 2.45) is 17.1 Å². The van der Waals surface area contributed by atoms with E-state index in [0.717, 1.165) is 31.1 Å². The lowest BCUT2D eigenvalue weighted by molar-refractivity contribution is 0.173. The van der Waals surface area contributed by atoms with Crippen LogP contribution in [0.5, 0.6) is 11.5 Å². The summed E-state index contributed by atoms with van der Waals surface area (Å²) in [6, 6.07) is 6.32.